The normalized spacial score (nSPS) is 10.0. The van der Waals surface area contributed by atoms with Gasteiger partial charge in [-0.3, -0.25) is 0 Å². The maximum absolute atomic E-state index is 10.7. The van der Waals surface area contributed by atoms with Crippen LogP contribution in [0.5, 0.6) is 5.75 Å². The maximum atomic E-state index is 10.7. The minimum Gasteiger partial charge on any atom is -0.741 e. The first-order chi connectivity index (χ1) is 9.68. The molecule has 0 amide bonds. The second-order valence-electron chi connectivity index (χ2n) is 3.38. The number of ether oxygens (including phenoxy) is 1. The van der Waals surface area contributed by atoms with E-state index >= 15 is 0 Å². The molecule has 0 heterocycles. The van der Waals surface area contributed by atoms with E-state index in [1.807, 2.05) is 60.7 Å². The van der Waals surface area contributed by atoms with E-state index in [2.05, 4.69) is 0 Å². The summed E-state index contributed by atoms with van der Waals surface area (Å²) < 4.78 is 63.8. The van der Waals surface area contributed by atoms with Crippen LogP contribution in [0.15, 0.2) is 60.7 Å². The van der Waals surface area contributed by atoms with Crippen molar-refractivity contribution >= 4 is 10.1 Å². The van der Waals surface area contributed by atoms with Gasteiger partial charge in [-0.05, 0) is 12.1 Å². The Kier molecular flexibility index (Phi) is 11.6. The molecule has 0 bridgehead atoms. The molecule has 124 valence electrons. The first-order valence-electron chi connectivity index (χ1n) is 5.46. The van der Waals surface area contributed by atoms with Crippen LogP contribution in [0.3, 0.4) is 0 Å². The number of para-hydroxylation sites is 1. The summed E-state index contributed by atoms with van der Waals surface area (Å²) in [6.07, 6.45) is 0. The molecule has 0 aliphatic rings. The first kappa shape index (κ1) is 22.9. The molecule has 2 aromatic rings. The van der Waals surface area contributed by atoms with Gasteiger partial charge in [0.25, 0.3) is 0 Å². The summed E-state index contributed by atoms with van der Waals surface area (Å²) in [5, 5.41) is 0. The van der Waals surface area contributed by atoms with Gasteiger partial charge in [0.05, 0.1) is 7.11 Å². The largest absolute Gasteiger partial charge is 2.00 e. The third kappa shape index (κ3) is 11.3. The predicted octanol–water partition coefficient (Wildman–Crippen LogP) is 3.15. The minimum absolute atomic E-state index is 0. The van der Waals surface area contributed by atoms with Crippen molar-refractivity contribution in [1.82, 2.24) is 0 Å². The molecule has 0 N–H and O–H groups in total. The molecule has 9 heteroatoms. The van der Waals surface area contributed by atoms with Crippen LogP contribution >= 0.6 is 0 Å². The van der Waals surface area contributed by atoms with Crippen molar-refractivity contribution in [2.75, 3.05) is 7.11 Å². The van der Waals surface area contributed by atoms with E-state index in [9.17, 15) is 13.2 Å². The summed E-state index contributed by atoms with van der Waals surface area (Å²) in [6, 6.07) is 19.7. The predicted molar refractivity (Wildman–Crippen MR) is 70.8 cm³/mol. The molecule has 2 rings (SSSR count). The van der Waals surface area contributed by atoms with Gasteiger partial charge in [0, 0.05) is 0 Å². The summed E-state index contributed by atoms with van der Waals surface area (Å²) in [5.41, 5.74) is -5.65. The van der Waals surface area contributed by atoms with Gasteiger partial charge in [-0.15, -0.1) is 0 Å². The molecule has 2 aromatic carbocycles. The van der Waals surface area contributed by atoms with Crippen LogP contribution in [0.2, 0.25) is 0 Å². The average Bonchev–Trinajstić information content (AvgIpc) is 2.97. The number of benzene rings is 1. The molecule has 0 spiro atoms. The Bertz CT molecular complexity index is 552. The zero-order valence-electron chi connectivity index (χ0n) is 11.3. The molecule has 0 saturated heterocycles. The molecule has 0 aromatic heterocycles. The minimum atomic E-state index is -6.09. The fourth-order valence-corrected chi connectivity index (χ4v) is 0.877. The van der Waals surface area contributed by atoms with Crippen molar-refractivity contribution in [3.8, 4) is 5.75 Å². The Morgan fingerprint density at radius 1 is 1.05 bits per heavy atom. The monoisotopic (exact) mass is 378 g/mol. The molecular formula is C13H13F3FeO4S. The van der Waals surface area contributed by atoms with Gasteiger partial charge in [-0.2, -0.15) is 31.4 Å². The number of methoxy groups -OCH3 is 1. The molecular weight excluding hydrogens is 365 g/mol. The van der Waals surface area contributed by atoms with E-state index in [0.717, 1.165) is 5.75 Å². The van der Waals surface area contributed by atoms with Crippen molar-refractivity contribution in [1.29, 1.82) is 0 Å². The van der Waals surface area contributed by atoms with Crippen LogP contribution in [-0.2, 0) is 27.2 Å². The second kappa shape index (κ2) is 11.2. The molecule has 0 saturated carbocycles. The smallest absolute Gasteiger partial charge is 0.741 e. The number of rotatable bonds is 1. The zero-order chi connectivity index (χ0) is 16.4. The zero-order valence-corrected chi connectivity index (χ0v) is 13.2. The molecule has 0 fully saturated rings. The summed E-state index contributed by atoms with van der Waals surface area (Å²) in [7, 11) is -4.43. The Hall–Kier alpha value is -1.41. The van der Waals surface area contributed by atoms with Gasteiger partial charge < -0.3 is 9.29 Å². The quantitative estimate of drug-likeness (QED) is 0.331. The Labute approximate surface area is 137 Å². The van der Waals surface area contributed by atoms with Crippen molar-refractivity contribution in [2.24, 2.45) is 0 Å². The fraction of sp³-hybridized carbons (Fsp3) is 0.154. The number of alkyl halides is 3. The molecule has 4 nitrogen and oxygen atoms in total. The van der Waals surface area contributed by atoms with Gasteiger partial charge in [0.1, 0.15) is 5.75 Å². The van der Waals surface area contributed by atoms with E-state index < -0.39 is 15.6 Å². The maximum Gasteiger partial charge on any atom is 2.00 e. The first-order valence-corrected chi connectivity index (χ1v) is 6.87. The molecule has 0 aliphatic heterocycles. The van der Waals surface area contributed by atoms with Crippen molar-refractivity contribution < 1.29 is 47.9 Å². The van der Waals surface area contributed by atoms with E-state index in [1.54, 1.807) is 7.11 Å². The van der Waals surface area contributed by atoms with Crippen LogP contribution in [0.4, 0.5) is 13.2 Å². The van der Waals surface area contributed by atoms with Gasteiger partial charge in [-0.1, -0.05) is 18.2 Å². The second-order valence-corrected chi connectivity index (χ2v) is 4.75. The average molecular weight is 378 g/mol. The van der Waals surface area contributed by atoms with Crippen molar-refractivity contribution in [2.45, 2.75) is 5.51 Å². The third-order valence-electron chi connectivity index (χ3n) is 1.82. The molecule has 0 unspecified atom stereocenters. The number of hydrogen-bond acceptors (Lipinski definition) is 4. The van der Waals surface area contributed by atoms with E-state index in [0.29, 0.717) is 0 Å². The van der Waals surface area contributed by atoms with Gasteiger partial charge in [-0.25, -0.2) is 20.6 Å². The van der Waals surface area contributed by atoms with E-state index in [4.69, 9.17) is 17.7 Å². The summed E-state index contributed by atoms with van der Waals surface area (Å²) in [6.45, 7) is 0. The van der Waals surface area contributed by atoms with E-state index in [-0.39, 0.29) is 17.1 Å². The van der Waals surface area contributed by atoms with Gasteiger partial charge in [0.15, 0.2) is 10.1 Å². The van der Waals surface area contributed by atoms with Crippen LogP contribution in [0.1, 0.15) is 0 Å². The topological polar surface area (TPSA) is 66.4 Å². The summed E-state index contributed by atoms with van der Waals surface area (Å²) in [5.74, 6) is 0.910. The molecule has 0 radical (unpaired) electrons. The number of hydrogen-bond donors (Lipinski definition) is 0. The van der Waals surface area contributed by atoms with Crippen molar-refractivity contribution in [3.63, 3.8) is 0 Å². The van der Waals surface area contributed by atoms with Gasteiger partial charge >= 0.3 is 22.6 Å². The van der Waals surface area contributed by atoms with Gasteiger partial charge in [0.2, 0.25) is 0 Å². The Morgan fingerprint density at radius 3 is 1.64 bits per heavy atom. The van der Waals surface area contributed by atoms with Crippen LogP contribution in [0.25, 0.3) is 0 Å². The SMILES string of the molecule is COc1ccccc1.O=S(=O)([O-])C(F)(F)F.[Fe+2].c1cc[cH-]c1. The Morgan fingerprint density at radius 2 is 1.45 bits per heavy atom. The van der Waals surface area contributed by atoms with Crippen molar-refractivity contribution in [3.05, 3.63) is 60.7 Å². The molecule has 22 heavy (non-hydrogen) atoms. The van der Waals surface area contributed by atoms with Crippen LogP contribution < -0.4 is 4.74 Å². The summed E-state index contributed by atoms with van der Waals surface area (Å²) in [4.78, 5) is 0. The number of halogens is 3. The van der Waals surface area contributed by atoms with E-state index in [1.165, 1.54) is 0 Å². The van der Waals surface area contributed by atoms with Crippen LogP contribution in [0, 0.1) is 0 Å². The Balaban J connectivity index is 0. The van der Waals surface area contributed by atoms with Crippen LogP contribution in [-0.4, -0.2) is 25.6 Å². The third-order valence-corrected chi connectivity index (χ3v) is 2.38. The molecule has 0 atom stereocenters. The fourth-order valence-electron chi connectivity index (χ4n) is 0.877. The molecule has 0 aliphatic carbocycles. The standard InChI is InChI=1S/C7H8O.C5H5.CHF3O3S.Fe/c1-8-7-5-3-2-4-6-7;1-2-4-5-3-1;2-1(3,4)8(5,6)7;/h2-6H,1H3;1-5H;(H,5,6,7);/q;-1;;+2/p-1. The summed E-state index contributed by atoms with van der Waals surface area (Å²) >= 11 is 0.